The molecule has 1 fully saturated rings. The van der Waals surface area contributed by atoms with Crippen molar-refractivity contribution in [3.63, 3.8) is 0 Å². The van der Waals surface area contributed by atoms with Crippen molar-refractivity contribution in [1.82, 2.24) is 15.1 Å². The number of hydrogen-bond acceptors (Lipinski definition) is 4. The standard InChI is InChI=1S/C14H22N4O2S/c1-17(2)13(20)18-7-5-14(6-8-18,12(15)19)16-10-11-4-3-9-21-11/h3-4,9,16H,5-8,10H2,1-2H3,(H2,15,19). The molecule has 0 saturated carbocycles. The number of amides is 3. The van der Waals surface area contributed by atoms with Gasteiger partial charge in [-0.3, -0.25) is 10.1 Å². The van der Waals surface area contributed by atoms with Crippen LogP contribution < -0.4 is 11.1 Å². The second kappa shape index (κ2) is 6.44. The highest BCUT2D eigenvalue weighted by molar-refractivity contribution is 7.09. The van der Waals surface area contributed by atoms with Crippen LogP contribution in [0.4, 0.5) is 4.79 Å². The van der Waals surface area contributed by atoms with Crippen LogP contribution in [0.5, 0.6) is 0 Å². The number of thiophene rings is 1. The summed E-state index contributed by atoms with van der Waals surface area (Å²) < 4.78 is 0. The fraction of sp³-hybridized carbons (Fsp3) is 0.571. The molecule has 1 aromatic heterocycles. The van der Waals surface area contributed by atoms with Crippen molar-refractivity contribution in [2.75, 3.05) is 27.2 Å². The van der Waals surface area contributed by atoms with Crippen molar-refractivity contribution < 1.29 is 9.59 Å². The Morgan fingerprint density at radius 2 is 2.10 bits per heavy atom. The Balaban J connectivity index is 1.98. The van der Waals surface area contributed by atoms with Gasteiger partial charge in [0.2, 0.25) is 5.91 Å². The Labute approximate surface area is 128 Å². The SMILES string of the molecule is CN(C)C(=O)N1CCC(NCc2cccs2)(C(N)=O)CC1. The van der Waals surface area contributed by atoms with Gasteiger partial charge < -0.3 is 15.5 Å². The lowest BCUT2D eigenvalue weighted by Gasteiger charge is -2.40. The molecule has 0 unspecified atom stereocenters. The van der Waals surface area contributed by atoms with Crippen LogP contribution in [0.3, 0.4) is 0 Å². The molecule has 116 valence electrons. The van der Waals surface area contributed by atoms with Gasteiger partial charge in [0.05, 0.1) is 0 Å². The summed E-state index contributed by atoms with van der Waals surface area (Å²) in [5.74, 6) is -0.337. The van der Waals surface area contributed by atoms with Gasteiger partial charge in [-0.2, -0.15) is 0 Å². The van der Waals surface area contributed by atoms with Crippen molar-refractivity contribution in [2.45, 2.75) is 24.9 Å². The maximum atomic E-state index is 11.9. The second-order valence-electron chi connectivity index (χ2n) is 5.54. The molecule has 0 aliphatic carbocycles. The first kappa shape index (κ1) is 15.8. The molecule has 0 aromatic carbocycles. The van der Waals surface area contributed by atoms with E-state index in [1.807, 2.05) is 17.5 Å². The number of nitrogens with two attached hydrogens (primary N) is 1. The van der Waals surface area contributed by atoms with Crippen LogP contribution in [0.15, 0.2) is 17.5 Å². The molecule has 2 heterocycles. The number of hydrogen-bond donors (Lipinski definition) is 2. The third kappa shape index (κ3) is 3.54. The van der Waals surface area contributed by atoms with E-state index < -0.39 is 5.54 Å². The lowest BCUT2D eigenvalue weighted by molar-refractivity contribution is -0.126. The Hall–Kier alpha value is -1.60. The molecule has 6 nitrogen and oxygen atoms in total. The number of carbonyl (C=O) groups is 2. The van der Waals surface area contributed by atoms with E-state index >= 15 is 0 Å². The molecule has 3 N–H and O–H groups in total. The molecule has 0 atom stereocenters. The number of carbonyl (C=O) groups excluding carboxylic acids is 2. The fourth-order valence-corrected chi connectivity index (χ4v) is 3.19. The molecule has 1 aliphatic rings. The second-order valence-corrected chi connectivity index (χ2v) is 6.58. The molecule has 1 aromatic rings. The monoisotopic (exact) mass is 310 g/mol. The minimum Gasteiger partial charge on any atom is -0.368 e. The van der Waals surface area contributed by atoms with Gasteiger partial charge in [-0.05, 0) is 24.3 Å². The number of primary amides is 1. The van der Waals surface area contributed by atoms with Crippen molar-refractivity contribution >= 4 is 23.3 Å². The first-order chi connectivity index (χ1) is 9.94. The first-order valence-electron chi connectivity index (χ1n) is 6.98. The molecule has 0 spiro atoms. The predicted octanol–water partition coefficient (Wildman–Crippen LogP) is 0.839. The third-order valence-electron chi connectivity index (χ3n) is 3.92. The van der Waals surface area contributed by atoms with Crippen molar-refractivity contribution in [1.29, 1.82) is 0 Å². The topological polar surface area (TPSA) is 78.7 Å². The highest BCUT2D eigenvalue weighted by Crippen LogP contribution is 2.24. The van der Waals surface area contributed by atoms with Gasteiger partial charge in [-0.25, -0.2) is 4.79 Å². The molecule has 3 amide bonds. The van der Waals surface area contributed by atoms with E-state index in [9.17, 15) is 9.59 Å². The van der Waals surface area contributed by atoms with Gasteiger partial charge in [0.1, 0.15) is 5.54 Å². The average Bonchev–Trinajstić information content (AvgIpc) is 2.98. The van der Waals surface area contributed by atoms with Gasteiger partial charge in [-0.15, -0.1) is 11.3 Å². The minimum atomic E-state index is -0.715. The zero-order chi connectivity index (χ0) is 15.5. The summed E-state index contributed by atoms with van der Waals surface area (Å²) in [6.07, 6.45) is 1.10. The van der Waals surface area contributed by atoms with Crippen molar-refractivity contribution in [2.24, 2.45) is 5.73 Å². The molecule has 1 saturated heterocycles. The number of piperidine rings is 1. The minimum absolute atomic E-state index is 0.0219. The van der Waals surface area contributed by atoms with Crippen LogP contribution in [-0.2, 0) is 11.3 Å². The third-order valence-corrected chi connectivity index (χ3v) is 4.80. The van der Waals surface area contributed by atoms with Crippen LogP contribution in [0.2, 0.25) is 0 Å². The maximum absolute atomic E-state index is 11.9. The van der Waals surface area contributed by atoms with E-state index in [1.165, 1.54) is 4.88 Å². The summed E-state index contributed by atoms with van der Waals surface area (Å²) in [5.41, 5.74) is 4.90. The van der Waals surface area contributed by atoms with E-state index in [-0.39, 0.29) is 11.9 Å². The molecular weight excluding hydrogens is 288 g/mol. The summed E-state index contributed by atoms with van der Waals surface area (Å²) >= 11 is 1.65. The molecule has 7 heteroatoms. The molecule has 0 bridgehead atoms. The Morgan fingerprint density at radius 3 is 2.57 bits per heavy atom. The molecule has 0 radical (unpaired) electrons. The normalized spacial score (nSPS) is 17.5. The number of rotatable bonds is 4. The van der Waals surface area contributed by atoms with Crippen LogP contribution >= 0.6 is 11.3 Å². The Morgan fingerprint density at radius 1 is 1.43 bits per heavy atom. The van der Waals surface area contributed by atoms with Gasteiger partial charge >= 0.3 is 6.03 Å². The van der Waals surface area contributed by atoms with Crippen molar-refractivity contribution in [3.8, 4) is 0 Å². The molecule has 21 heavy (non-hydrogen) atoms. The van der Waals surface area contributed by atoms with E-state index in [1.54, 1.807) is 35.2 Å². The van der Waals surface area contributed by atoms with Crippen LogP contribution in [-0.4, -0.2) is 54.5 Å². The van der Waals surface area contributed by atoms with Crippen LogP contribution in [0.25, 0.3) is 0 Å². The van der Waals surface area contributed by atoms with Crippen LogP contribution in [0, 0.1) is 0 Å². The lowest BCUT2D eigenvalue weighted by Crippen LogP contribution is -2.61. The Kier molecular flexibility index (Phi) is 4.84. The van der Waals surface area contributed by atoms with Crippen LogP contribution in [0.1, 0.15) is 17.7 Å². The van der Waals surface area contributed by atoms with Gasteiger partial charge in [0.15, 0.2) is 0 Å². The highest BCUT2D eigenvalue weighted by atomic mass is 32.1. The maximum Gasteiger partial charge on any atom is 0.319 e. The molecule has 2 rings (SSSR count). The summed E-state index contributed by atoms with van der Waals surface area (Å²) in [7, 11) is 3.46. The van der Waals surface area contributed by atoms with E-state index in [4.69, 9.17) is 5.73 Å². The van der Waals surface area contributed by atoms with Crippen molar-refractivity contribution in [3.05, 3.63) is 22.4 Å². The van der Waals surface area contributed by atoms with Gasteiger partial charge in [-0.1, -0.05) is 6.07 Å². The van der Waals surface area contributed by atoms with E-state index in [2.05, 4.69) is 5.32 Å². The lowest BCUT2D eigenvalue weighted by atomic mass is 9.86. The molecular formula is C14H22N4O2S. The van der Waals surface area contributed by atoms with Gasteiger partial charge in [0, 0.05) is 38.6 Å². The molecule has 1 aliphatic heterocycles. The first-order valence-corrected chi connectivity index (χ1v) is 7.86. The summed E-state index contributed by atoms with van der Waals surface area (Å²) in [6.45, 7) is 1.71. The number of nitrogens with zero attached hydrogens (tertiary/aromatic N) is 2. The number of urea groups is 1. The van der Waals surface area contributed by atoms with Gasteiger partial charge in [0.25, 0.3) is 0 Å². The smallest absolute Gasteiger partial charge is 0.319 e. The highest BCUT2D eigenvalue weighted by Gasteiger charge is 2.40. The van der Waals surface area contributed by atoms with E-state index in [0.29, 0.717) is 32.5 Å². The zero-order valence-electron chi connectivity index (χ0n) is 12.5. The average molecular weight is 310 g/mol. The fourth-order valence-electron chi connectivity index (χ4n) is 2.54. The zero-order valence-corrected chi connectivity index (χ0v) is 13.3. The Bertz CT molecular complexity index is 493. The summed E-state index contributed by atoms with van der Waals surface area (Å²) in [6, 6.07) is 3.99. The number of likely N-dealkylation sites (tertiary alicyclic amines) is 1. The number of nitrogens with one attached hydrogen (secondary N) is 1. The largest absolute Gasteiger partial charge is 0.368 e. The quantitative estimate of drug-likeness (QED) is 0.865. The summed E-state index contributed by atoms with van der Waals surface area (Å²) in [4.78, 5) is 28.3. The predicted molar refractivity (Wildman–Crippen MR) is 83.0 cm³/mol. The van der Waals surface area contributed by atoms with E-state index in [0.717, 1.165) is 0 Å². The summed E-state index contributed by atoms with van der Waals surface area (Å²) in [5, 5.41) is 5.32.